The molecule has 0 fully saturated rings. The zero-order valence-electron chi connectivity index (χ0n) is 7.98. The predicted molar refractivity (Wildman–Crippen MR) is 50.2 cm³/mol. The van der Waals surface area contributed by atoms with Gasteiger partial charge in [0.05, 0.1) is 12.8 Å². The fourth-order valence-electron chi connectivity index (χ4n) is 0.900. The van der Waals surface area contributed by atoms with E-state index in [-0.39, 0.29) is 11.6 Å². The number of hydrogen-bond donors (Lipinski definition) is 3. The van der Waals surface area contributed by atoms with E-state index in [9.17, 15) is 8.42 Å². The highest BCUT2D eigenvalue weighted by atomic mass is 32.2. The van der Waals surface area contributed by atoms with Crippen molar-refractivity contribution < 1.29 is 13.5 Å². The number of imidazole rings is 1. The van der Waals surface area contributed by atoms with Crippen LogP contribution in [0.2, 0.25) is 0 Å². The molecule has 0 aromatic carbocycles. The molecule has 80 valence electrons. The van der Waals surface area contributed by atoms with Crippen molar-refractivity contribution in [3.8, 4) is 0 Å². The number of aromatic amines is 1. The molecule has 1 heterocycles. The second-order valence-corrected chi connectivity index (χ2v) is 4.72. The number of aliphatic hydroxyl groups is 1. The van der Waals surface area contributed by atoms with Gasteiger partial charge in [-0.2, -0.15) is 0 Å². The van der Waals surface area contributed by atoms with Gasteiger partial charge in [0.1, 0.15) is 5.82 Å². The Balaban J connectivity index is 2.86. The maximum absolute atomic E-state index is 11.5. The number of hydrogen-bond acceptors (Lipinski definition) is 4. The van der Waals surface area contributed by atoms with Crippen LogP contribution in [0.25, 0.3) is 0 Å². The third kappa shape index (κ3) is 2.53. The standard InChI is InChI=1S/C7H13N3O3S/c1-5(4-11)10-14(12,13)7-3-8-6(2)9-7/h3,5,10-11H,4H2,1-2H3,(H,8,9)/t5-/m0/s1. The van der Waals surface area contributed by atoms with Gasteiger partial charge in [-0.1, -0.05) is 0 Å². The monoisotopic (exact) mass is 219 g/mol. The first-order chi connectivity index (χ1) is 6.45. The molecule has 0 spiro atoms. The number of aliphatic hydroxyl groups excluding tert-OH is 1. The molecule has 0 unspecified atom stereocenters. The number of aromatic nitrogens is 2. The first kappa shape index (κ1) is 11.2. The van der Waals surface area contributed by atoms with Crippen LogP contribution in [-0.4, -0.2) is 36.1 Å². The molecular formula is C7H13N3O3S. The van der Waals surface area contributed by atoms with Gasteiger partial charge in [-0.05, 0) is 13.8 Å². The van der Waals surface area contributed by atoms with Crippen LogP contribution in [0.1, 0.15) is 12.7 Å². The molecule has 0 amide bonds. The Labute approximate surface area is 82.4 Å². The van der Waals surface area contributed by atoms with Crippen LogP contribution >= 0.6 is 0 Å². The number of aryl methyl sites for hydroxylation is 1. The van der Waals surface area contributed by atoms with E-state index in [1.54, 1.807) is 13.8 Å². The summed E-state index contributed by atoms with van der Waals surface area (Å²) in [7, 11) is -3.58. The molecule has 1 aromatic heterocycles. The van der Waals surface area contributed by atoms with Gasteiger partial charge in [-0.25, -0.2) is 18.1 Å². The summed E-state index contributed by atoms with van der Waals surface area (Å²) in [6.45, 7) is 2.99. The van der Waals surface area contributed by atoms with Crippen LogP contribution in [0, 0.1) is 6.92 Å². The van der Waals surface area contributed by atoms with Gasteiger partial charge < -0.3 is 10.1 Å². The molecule has 0 aliphatic rings. The highest BCUT2D eigenvalue weighted by Gasteiger charge is 2.18. The molecule has 14 heavy (non-hydrogen) atoms. The van der Waals surface area contributed by atoms with Gasteiger partial charge in [0.25, 0.3) is 10.0 Å². The highest BCUT2D eigenvalue weighted by molar-refractivity contribution is 7.89. The maximum atomic E-state index is 11.5. The minimum atomic E-state index is -3.58. The molecule has 0 saturated carbocycles. The second-order valence-electron chi connectivity index (χ2n) is 3.04. The molecule has 0 aliphatic heterocycles. The summed E-state index contributed by atoms with van der Waals surface area (Å²) in [6, 6.07) is -0.511. The molecule has 1 rings (SSSR count). The quantitative estimate of drug-likeness (QED) is 0.628. The van der Waals surface area contributed by atoms with Gasteiger partial charge in [0, 0.05) is 6.04 Å². The Morgan fingerprint density at radius 3 is 2.79 bits per heavy atom. The topological polar surface area (TPSA) is 95.1 Å². The molecule has 0 bridgehead atoms. The van der Waals surface area contributed by atoms with Crippen molar-refractivity contribution in [3.05, 3.63) is 12.0 Å². The van der Waals surface area contributed by atoms with Crippen LogP contribution in [0.3, 0.4) is 0 Å². The van der Waals surface area contributed by atoms with Crippen LogP contribution in [0.4, 0.5) is 0 Å². The Bertz CT molecular complexity index is 398. The average molecular weight is 219 g/mol. The third-order valence-electron chi connectivity index (χ3n) is 1.60. The Morgan fingerprint density at radius 1 is 1.71 bits per heavy atom. The maximum Gasteiger partial charge on any atom is 0.257 e. The van der Waals surface area contributed by atoms with Crippen LogP contribution < -0.4 is 4.72 Å². The normalized spacial score (nSPS) is 14.2. The fraction of sp³-hybridized carbons (Fsp3) is 0.571. The number of nitrogens with zero attached hydrogens (tertiary/aromatic N) is 1. The van der Waals surface area contributed by atoms with Gasteiger partial charge >= 0.3 is 0 Å². The van der Waals surface area contributed by atoms with Crippen molar-refractivity contribution in [2.45, 2.75) is 24.9 Å². The van der Waals surface area contributed by atoms with Crippen molar-refractivity contribution in [1.29, 1.82) is 0 Å². The third-order valence-corrected chi connectivity index (χ3v) is 3.10. The number of sulfonamides is 1. The van der Waals surface area contributed by atoms with Crippen molar-refractivity contribution in [3.63, 3.8) is 0 Å². The summed E-state index contributed by atoms with van der Waals surface area (Å²) in [5.41, 5.74) is 0. The predicted octanol–water partition coefficient (Wildman–Crippen LogP) is -0.623. The van der Waals surface area contributed by atoms with E-state index in [4.69, 9.17) is 5.11 Å². The van der Waals surface area contributed by atoms with Crippen molar-refractivity contribution in [1.82, 2.24) is 14.7 Å². The van der Waals surface area contributed by atoms with Gasteiger partial charge in [-0.3, -0.25) is 0 Å². The largest absolute Gasteiger partial charge is 0.395 e. The lowest BCUT2D eigenvalue weighted by Crippen LogP contribution is -2.35. The lowest BCUT2D eigenvalue weighted by molar-refractivity contribution is 0.265. The van der Waals surface area contributed by atoms with Crippen LogP contribution in [-0.2, 0) is 10.0 Å². The number of H-pyrrole nitrogens is 1. The minimum absolute atomic E-state index is 0.00954. The minimum Gasteiger partial charge on any atom is -0.395 e. The summed E-state index contributed by atoms with van der Waals surface area (Å²) in [5, 5.41) is 8.71. The molecule has 3 N–H and O–H groups in total. The van der Waals surface area contributed by atoms with Crippen molar-refractivity contribution in [2.75, 3.05) is 6.61 Å². The highest BCUT2D eigenvalue weighted by Crippen LogP contribution is 2.05. The van der Waals surface area contributed by atoms with E-state index in [2.05, 4.69) is 14.7 Å². The van der Waals surface area contributed by atoms with E-state index >= 15 is 0 Å². The molecule has 7 heteroatoms. The van der Waals surface area contributed by atoms with E-state index < -0.39 is 16.1 Å². The smallest absolute Gasteiger partial charge is 0.257 e. The first-order valence-corrected chi connectivity index (χ1v) is 5.59. The van der Waals surface area contributed by atoms with Gasteiger partial charge in [-0.15, -0.1) is 0 Å². The van der Waals surface area contributed by atoms with E-state index in [0.29, 0.717) is 5.82 Å². The summed E-state index contributed by atoms with van der Waals surface area (Å²) >= 11 is 0. The summed E-state index contributed by atoms with van der Waals surface area (Å²) in [4.78, 5) is 6.38. The SMILES string of the molecule is Cc1ncc(S(=O)(=O)N[C@@H](C)CO)[nH]1. The van der Waals surface area contributed by atoms with Gasteiger partial charge in [0.15, 0.2) is 5.03 Å². The van der Waals surface area contributed by atoms with Crippen molar-refractivity contribution in [2.24, 2.45) is 0 Å². The lowest BCUT2D eigenvalue weighted by Gasteiger charge is -2.09. The molecular weight excluding hydrogens is 206 g/mol. The van der Waals surface area contributed by atoms with Crippen LogP contribution in [0.5, 0.6) is 0 Å². The van der Waals surface area contributed by atoms with Crippen LogP contribution in [0.15, 0.2) is 11.2 Å². The Morgan fingerprint density at radius 2 is 2.36 bits per heavy atom. The molecule has 0 saturated heterocycles. The zero-order chi connectivity index (χ0) is 10.8. The lowest BCUT2D eigenvalue weighted by atomic mass is 10.4. The van der Waals surface area contributed by atoms with E-state index in [1.807, 2.05) is 0 Å². The summed E-state index contributed by atoms with van der Waals surface area (Å²) < 4.78 is 25.3. The number of rotatable bonds is 4. The summed E-state index contributed by atoms with van der Waals surface area (Å²) in [6.07, 6.45) is 1.24. The second kappa shape index (κ2) is 4.07. The number of nitrogens with one attached hydrogen (secondary N) is 2. The van der Waals surface area contributed by atoms with Gasteiger partial charge in [0.2, 0.25) is 0 Å². The Kier molecular flexibility index (Phi) is 3.25. The molecule has 6 nitrogen and oxygen atoms in total. The molecule has 1 aromatic rings. The molecule has 0 aliphatic carbocycles. The molecule has 1 atom stereocenters. The Hall–Kier alpha value is -0.920. The van der Waals surface area contributed by atoms with E-state index in [1.165, 1.54) is 6.20 Å². The van der Waals surface area contributed by atoms with Crippen molar-refractivity contribution >= 4 is 10.0 Å². The summed E-state index contributed by atoms with van der Waals surface area (Å²) in [5.74, 6) is 0.530. The average Bonchev–Trinajstić information content (AvgIpc) is 2.51. The first-order valence-electron chi connectivity index (χ1n) is 4.10. The van der Waals surface area contributed by atoms with E-state index in [0.717, 1.165) is 0 Å². The zero-order valence-corrected chi connectivity index (χ0v) is 8.80. The fourth-order valence-corrected chi connectivity index (χ4v) is 2.11. The molecule has 0 radical (unpaired) electrons.